The molecular formula is C13H14BrNO5. The second kappa shape index (κ2) is 7.04. The predicted molar refractivity (Wildman–Crippen MR) is 74.6 cm³/mol. The molecule has 0 unspecified atom stereocenters. The summed E-state index contributed by atoms with van der Waals surface area (Å²) in [6, 6.07) is 3.77. The van der Waals surface area contributed by atoms with Crippen LogP contribution in [0.4, 0.5) is 0 Å². The van der Waals surface area contributed by atoms with Gasteiger partial charge in [-0.2, -0.15) is 0 Å². The molecule has 0 spiro atoms. The molecule has 3 N–H and O–H groups in total. The molecule has 0 fully saturated rings. The van der Waals surface area contributed by atoms with E-state index in [9.17, 15) is 14.4 Å². The highest BCUT2D eigenvalue weighted by atomic mass is 79.9. The Balaban J connectivity index is 2.80. The van der Waals surface area contributed by atoms with E-state index in [1.54, 1.807) is 25.1 Å². The number of aliphatic carboxylic acids is 2. The van der Waals surface area contributed by atoms with Gasteiger partial charge in [-0.15, -0.1) is 0 Å². The van der Waals surface area contributed by atoms with Gasteiger partial charge in [0.15, 0.2) is 0 Å². The number of hydrogen-bond donors (Lipinski definition) is 3. The molecule has 20 heavy (non-hydrogen) atoms. The summed E-state index contributed by atoms with van der Waals surface area (Å²) in [5.41, 5.74) is 1.05. The largest absolute Gasteiger partial charge is 0.481 e. The van der Waals surface area contributed by atoms with Gasteiger partial charge < -0.3 is 15.5 Å². The molecule has 1 aromatic rings. The van der Waals surface area contributed by atoms with Crippen LogP contribution >= 0.6 is 15.9 Å². The molecule has 0 heterocycles. The third kappa shape index (κ3) is 4.65. The van der Waals surface area contributed by atoms with Crippen molar-refractivity contribution in [1.82, 2.24) is 5.32 Å². The second-order valence-corrected chi connectivity index (χ2v) is 5.17. The molecule has 0 radical (unpaired) electrons. The van der Waals surface area contributed by atoms with E-state index in [4.69, 9.17) is 10.2 Å². The maximum atomic E-state index is 12.0. The van der Waals surface area contributed by atoms with E-state index in [-0.39, 0.29) is 12.8 Å². The van der Waals surface area contributed by atoms with E-state index >= 15 is 0 Å². The van der Waals surface area contributed by atoms with Crippen LogP contribution in [-0.4, -0.2) is 34.1 Å². The number of carboxylic acids is 2. The van der Waals surface area contributed by atoms with Crippen LogP contribution in [0.3, 0.4) is 0 Å². The molecule has 7 heteroatoms. The van der Waals surface area contributed by atoms with Gasteiger partial charge in [0.05, 0.1) is 0 Å². The molecule has 0 aromatic heterocycles. The Labute approximate surface area is 123 Å². The lowest BCUT2D eigenvalue weighted by Gasteiger charge is -2.14. The van der Waals surface area contributed by atoms with Gasteiger partial charge >= 0.3 is 11.9 Å². The number of carbonyl (C=O) groups excluding carboxylic acids is 1. The number of amides is 1. The summed E-state index contributed by atoms with van der Waals surface area (Å²) in [6.07, 6.45) is -0.484. The van der Waals surface area contributed by atoms with E-state index < -0.39 is 23.9 Å². The predicted octanol–water partition coefficient (Wildman–Crippen LogP) is 1.81. The standard InChI is InChI=1S/C13H14BrNO5/c1-7-6-8(14)2-3-9(7)12(18)15-10(13(19)20)4-5-11(16)17/h2-3,6,10H,4-5H2,1H3,(H,15,18)(H,16,17)(H,19,20)/t10-/m0/s1. The number of halogens is 1. The average molecular weight is 344 g/mol. The van der Waals surface area contributed by atoms with Crippen molar-refractivity contribution in [2.45, 2.75) is 25.8 Å². The van der Waals surface area contributed by atoms with Crippen LogP contribution < -0.4 is 5.32 Å². The molecule has 0 aliphatic rings. The van der Waals surface area contributed by atoms with Crippen molar-refractivity contribution >= 4 is 33.8 Å². The van der Waals surface area contributed by atoms with Crippen LogP contribution in [0.25, 0.3) is 0 Å². The minimum absolute atomic E-state index is 0.161. The van der Waals surface area contributed by atoms with Crippen molar-refractivity contribution in [1.29, 1.82) is 0 Å². The van der Waals surface area contributed by atoms with E-state index in [2.05, 4.69) is 21.2 Å². The van der Waals surface area contributed by atoms with Crippen LogP contribution in [0.5, 0.6) is 0 Å². The van der Waals surface area contributed by atoms with Gasteiger partial charge in [0.1, 0.15) is 6.04 Å². The van der Waals surface area contributed by atoms with Crippen LogP contribution in [0.15, 0.2) is 22.7 Å². The van der Waals surface area contributed by atoms with E-state index in [1.165, 1.54) is 0 Å². The van der Waals surface area contributed by atoms with Crippen LogP contribution in [0.2, 0.25) is 0 Å². The molecule has 1 atom stereocenters. The summed E-state index contributed by atoms with van der Waals surface area (Å²) < 4.78 is 0.812. The highest BCUT2D eigenvalue weighted by Gasteiger charge is 2.22. The van der Waals surface area contributed by atoms with Crippen molar-refractivity contribution in [3.05, 3.63) is 33.8 Å². The Hall–Kier alpha value is -1.89. The summed E-state index contributed by atoms with van der Waals surface area (Å²) in [6.45, 7) is 1.73. The van der Waals surface area contributed by atoms with Gasteiger partial charge in [0.25, 0.3) is 5.91 Å². The molecular weight excluding hydrogens is 330 g/mol. The SMILES string of the molecule is Cc1cc(Br)ccc1C(=O)N[C@@H](CCC(=O)O)C(=O)O. The van der Waals surface area contributed by atoms with E-state index in [0.717, 1.165) is 4.47 Å². The Morgan fingerprint density at radius 3 is 2.45 bits per heavy atom. The number of carboxylic acid groups (broad SMARTS) is 2. The fourth-order valence-corrected chi connectivity index (χ4v) is 2.12. The summed E-state index contributed by atoms with van der Waals surface area (Å²) >= 11 is 3.27. The zero-order valence-electron chi connectivity index (χ0n) is 10.7. The molecule has 0 saturated heterocycles. The van der Waals surface area contributed by atoms with Crippen molar-refractivity contribution < 1.29 is 24.6 Å². The van der Waals surface area contributed by atoms with Crippen molar-refractivity contribution in [3.63, 3.8) is 0 Å². The van der Waals surface area contributed by atoms with Gasteiger partial charge in [0, 0.05) is 16.5 Å². The van der Waals surface area contributed by atoms with E-state index in [0.29, 0.717) is 11.1 Å². The van der Waals surface area contributed by atoms with Gasteiger partial charge in [-0.05, 0) is 37.1 Å². The first kappa shape index (κ1) is 16.2. The number of nitrogens with one attached hydrogen (secondary N) is 1. The lowest BCUT2D eigenvalue weighted by atomic mass is 10.1. The molecule has 108 valence electrons. The molecule has 1 amide bonds. The lowest BCUT2D eigenvalue weighted by molar-refractivity contribution is -0.140. The monoisotopic (exact) mass is 343 g/mol. The van der Waals surface area contributed by atoms with Gasteiger partial charge in [-0.1, -0.05) is 15.9 Å². The number of rotatable bonds is 6. The third-order valence-corrected chi connectivity index (χ3v) is 3.18. The first-order valence-corrected chi connectivity index (χ1v) is 6.62. The topological polar surface area (TPSA) is 104 Å². The fraction of sp³-hybridized carbons (Fsp3) is 0.308. The van der Waals surface area contributed by atoms with Gasteiger partial charge in [-0.25, -0.2) is 4.79 Å². The van der Waals surface area contributed by atoms with Gasteiger partial charge in [0.2, 0.25) is 0 Å². The smallest absolute Gasteiger partial charge is 0.326 e. The molecule has 1 rings (SSSR count). The quantitative estimate of drug-likeness (QED) is 0.730. The normalized spacial score (nSPS) is 11.7. The molecule has 0 bridgehead atoms. The fourth-order valence-electron chi connectivity index (χ4n) is 1.64. The lowest BCUT2D eigenvalue weighted by Crippen LogP contribution is -2.41. The first-order chi connectivity index (χ1) is 9.31. The van der Waals surface area contributed by atoms with Crippen LogP contribution in [0, 0.1) is 6.92 Å². The minimum atomic E-state index is -1.26. The molecule has 1 aromatic carbocycles. The summed E-state index contributed by atoms with van der Waals surface area (Å²) in [4.78, 5) is 33.5. The Morgan fingerprint density at radius 2 is 1.95 bits per heavy atom. The highest BCUT2D eigenvalue weighted by Crippen LogP contribution is 2.16. The first-order valence-electron chi connectivity index (χ1n) is 5.83. The summed E-state index contributed by atoms with van der Waals surface area (Å²) in [7, 11) is 0. The number of carbonyl (C=O) groups is 3. The molecule has 0 aliphatic heterocycles. The maximum absolute atomic E-state index is 12.0. The summed E-state index contributed by atoms with van der Waals surface area (Å²) in [5.74, 6) is -2.90. The average Bonchev–Trinajstić information content (AvgIpc) is 2.33. The van der Waals surface area contributed by atoms with E-state index in [1.807, 2.05) is 0 Å². The maximum Gasteiger partial charge on any atom is 0.326 e. The van der Waals surface area contributed by atoms with Crippen molar-refractivity contribution in [2.75, 3.05) is 0 Å². The highest BCUT2D eigenvalue weighted by molar-refractivity contribution is 9.10. The Kier molecular flexibility index (Phi) is 5.69. The minimum Gasteiger partial charge on any atom is -0.481 e. The number of aryl methyl sites for hydroxylation is 1. The van der Waals surface area contributed by atoms with Crippen LogP contribution in [-0.2, 0) is 9.59 Å². The zero-order chi connectivity index (χ0) is 15.3. The van der Waals surface area contributed by atoms with Crippen molar-refractivity contribution in [2.24, 2.45) is 0 Å². The van der Waals surface area contributed by atoms with Gasteiger partial charge in [-0.3, -0.25) is 9.59 Å². The van der Waals surface area contributed by atoms with Crippen molar-refractivity contribution in [3.8, 4) is 0 Å². The molecule has 0 saturated carbocycles. The second-order valence-electron chi connectivity index (χ2n) is 4.26. The van der Waals surface area contributed by atoms with Crippen LogP contribution in [0.1, 0.15) is 28.8 Å². The third-order valence-electron chi connectivity index (χ3n) is 2.68. The zero-order valence-corrected chi connectivity index (χ0v) is 12.3. The molecule has 0 aliphatic carbocycles. The number of benzene rings is 1. The molecule has 6 nitrogen and oxygen atoms in total. The Morgan fingerprint density at radius 1 is 1.30 bits per heavy atom. The Bertz CT molecular complexity index is 544. The number of hydrogen-bond acceptors (Lipinski definition) is 3. The summed E-state index contributed by atoms with van der Waals surface area (Å²) in [5, 5.41) is 19.9.